The van der Waals surface area contributed by atoms with Crippen molar-refractivity contribution in [2.24, 2.45) is 0 Å². The van der Waals surface area contributed by atoms with Crippen LogP contribution in [-0.4, -0.2) is 44.2 Å². The van der Waals surface area contributed by atoms with Crippen molar-refractivity contribution in [1.82, 2.24) is 9.88 Å². The van der Waals surface area contributed by atoms with Crippen molar-refractivity contribution in [2.75, 3.05) is 39.6 Å². The molecule has 2 rings (SSSR count). The quantitative estimate of drug-likeness (QED) is 0.876. The van der Waals surface area contributed by atoms with E-state index >= 15 is 0 Å². The van der Waals surface area contributed by atoms with E-state index in [-0.39, 0.29) is 0 Å². The van der Waals surface area contributed by atoms with Crippen molar-refractivity contribution in [3.05, 3.63) is 30.5 Å². The van der Waals surface area contributed by atoms with Crippen molar-refractivity contribution < 1.29 is 4.74 Å². The van der Waals surface area contributed by atoms with Crippen molar-refractivity contribution in [3.8, 4) is 5.88 Å². The van der Waals surface area contributed by atoms with Gasteiger partial charge in [0.1, 0.15) is 6.61 Å². The lowest BCUT2D eigenvalue weighted by atomic mass is 10.1. The number of nitrogens with zero attached hydrogens (tertiary/aromatic N) is 2. The summed E-state index contributed by atoms with van der Waals surface area (Å²) < 4.78 is 5.75. The van der Waals surface area contributed by atoms with Crippen LogP contribution in [0.3, 0.4) is 0 Å². The first-order valence-corrected chi connectivity index (χ1v) is 6.05. The largest absolute Gasteiger partial charge is 0.476 e. The van der Waals surface area contributed by atoms with Crippen LogP contribution in [0.4, 0.5) is 5.69 Å². The van der Waals surface area contributed by atoms with E-state index in [1.54, 1.807) is 6.20 Å². The maximum Gasteiger partial charge on any atom is 0.221 e. The Bertz CT molecular complexity index is 525. The molecule has 0 aliphatic heterocycles. The fourth-order valence-corrected chi connectivity index (χ4v) is 1.74. The molecule has 0 aliphatic rings. The van der Waals surface area contributed by atoms with Crippen LogP contribution < -0.4 is 10.1 Å². The molecule has 0 aliphatic carbocycles. The van der Waals surface area contributed by atoms with E-state index in [0.717, 1.165) is 23.0 Å². The van der Waals surface area contributed by atoms with Crippen molar-refractivity contribution in [1.29, 1.82) is 0 Å². The number of anilines is 1. The smallest absolute Gasteiger partial charge is 0.221 e. The van der Waals surface area contributed by atoms with E-state index in [4.69, 9.17) is 4.74 Å². The van der Waals surface area contributed by atoms with Crippen LogP contribution >= 0.6 is 0 Å². The van der Waals surface area contributed by atoms with E-state index in [9.17, 15) is 0 Å². The third-order valence-corrected chi connectivity index (χ3v) is 2.80. The Morgan fingerprint density at radius 1 is 1.28 bits per heavy atom. The summed E-state index contributed by atoms with van der Waals surface area (Å²) in [6, 6.07) is 8.18. The third-order valence-electron chi connectivity index (χ3n) is 2.80. The number of nitrogens with one attached hydrogen (secondary N) is 1. The van der Waals surface area contributed by atoms with Gasteiger partial charge in [-0.25, -0.2) is 4.98 Å². The fourth-order valence-electron chi connectivity index (χ4n) is 1.74. The van der Waals surface area contributed by atoms with Crippen LogP contribution in [0.2, 0.25) is 0 Å². The summed E-state index contributed by atoms with van der Waals surface area (Å²) in [7, 11) is 5.96. The molecule has 0 fully saturated rings. The van der Waals surface area contributed by atoms with E-state index in [1.807, 2.05) is 33.3 Å². The van der Waals surface area contributed by atoms with Gasteiger partial charge in [-0.15, -0.1) is 0 Å². The Balaban J connectivity index is 2.25. The van der Waals surface area contributed by atoms with Crippen LogP contribution in [0.5, 0.6) is 5.88 Å². The number of rotatable bonds is 5. The molecule has 1 N–H and O–H groups in total. The van der Waals surface area contributed by atoms with Gasteiger partial charge in [0.2, 0.25) is 5.88 Å². The van der Waals surface area contributed by atoms with Crippen LogP contribution in [0.15, 0.2) is 30.5 Å². The molecule has 0 saturated carbocycles. The van der Waals surface area contributed by atoms with Gasteiger partial charge in [0.25, 0.3) is 0 Å². The summed E-state index contributed by atoms with van der Waals surface area (Å²) in [5.74, 6) is 0.700. The summed E-state index contributed by atoms with van der Waals surface area (Å²) in [6.07, 6.45) is 1.78. The summed E-state index contributed by atoms with van der Waals surface area (Å²) >= 11 is 0. The van der Waals surface area contributed by atoms with Gasteiger partial charge in [0.05, 0.1) is 0 Å². The summed E-state index contributed by atoms with van der Waals surface area (Å²) in [6.45, 7) is 1.52. The molecule has 0 unspecified atom stereocenters. The lowest BCUT2D eigenvalue weighted by Gasteiger charge is -2.12. The second kappa shape index (κ2) is 5.69. The highest BCUT2D eigenvalue weighted by Crippen LogP contribution is 2.25. The Kier molecular flexibility index (Phi) is 3.99. The molecule has 4 nitrogen and oxygen atoms in total. The van der Waals surface area contributed by atoms with Crippen molar-refractivity contribution in [3.63, 3.8) is 0 Å². The zero-order valence-electron chi connectivity index (χ0n) is 11.1. The Labute approximate surface area is 108 Å². The molecule has 1 heterocycles. The van der Waals surface area contributed by atoms with Crippen molar-refractivity contribution >= 4 is 16.5 Å². The number of hydrogen-bond donors (Lipinski definition) is 1. The number of fused-ring (bicyclic) bond motifs is 1. The normalized spacial score (nSPS) is 10.9. The highest BCUT2D eigenvalue weighted by atomic mass is 16.5. The average Bonchev–Trinajstić information content (AvgIpc) is 2.38. The second-order valence-electron chi connectivity index (χ2n) is 4.45. The monoisotopic (exact) mass is 245 g/mol. The van der Waals surface area contributed by atoms with E-state index in [1.165, 1.54) is 0 Å². The molecule has 0 amide bonds. The first-order valence-electron chi connectivity index (χ1n) is 6.05. The first kappa shape index (κ1) is 12.6. The molecule has 0 atom stereocenters. The van der Waals surface area contributed by atoms with Crippen molar-refractivity contribution in [2.45, 2.75) is 0 Å². The SMILES string of the molecule is CNc1ccc2ccnc(OCCN(C)C)c2c1. The molecule has 0 bridgehead atoms. The number of ether oxygens (including phenoxy) is 1. The minimum atomic E-state index is 0.642. The molecular weight excluding hydrogens is 226 g/mol. The summed E-state index contributed by atoms with van der Waals surface area (Å²) in [5, 5.41) is 5.32. The lowest BCUT2D eigenvalue weighted by Crippen LogP contribution is -2.19. The maximum absolute atomic E-state index is 5.75. The molecule has 1 aromatic heterocycles. The van der Waals surface area contributed by atoms with Gasteiger partial charge in [-0.2, -0.15) is 0 Å². The van der Waals surface area contributed by atoms with E-state index < -0.39 is 0 Å². The number of hydrogen-bond acceptors (Lipinski definition) is 4. The Morgan fingerprint density at radius 3 is 2.83 bits per heavy atom. The van der Waals surface area contributed by atoms with E-state index in [0.29, 0.717) is 12.5 Å². The average molecular weight is 245 g/mol. The molecule has 96 valence electrons. The Hall–Kier alpha value is -1.81. The molecule has 1 aromatic carbocycles. The molecule has 0 spiro atoms. The molecule has 4 heteroatoms. The van der Waals surface area contributed by atoms with Gasteiger partial charge >= 0.3 is 0 Å². The Morgan fingerprint density at radius 2 is 2.11 bits per heavy atom. The highest BCUT2D eigenvalue weighted by Gasteiger charge is 2.04. The standard InChI is InChI=1S/C14H19N3O/c1-15-12-5-4-11-6-7-16-14(13(11)10-12)18-9-8-17(2)3/h4-7,10,15H,8-9H2,1-3H3. The minimum Gasteiger partial charge on any atom is -0.476 e. The zero-order valence-corrected chi connectivity index (χ0v) is 11.1. The number of pyridine rings is 1. The van der Waals surface area contributed by atoms with Crippen LogP contribution in [0, 0.1) is 0 Å². The summed E-state index contributed by atoms with van der Waals surface area (Å²) in [5.41, 5.74) is 1.06. The maximum atomic E-state index is 5.75. The molecule has 0 radical (unpaired) electrons. The third kappa shape index (κ3) is 2.90. The minimum absolute atomic E-state index is 0.642. The van der Waals surface area contributed by atoms with E-state index in [2.05, 4.69) is 27.3 Å². The predicted molar refractivity (Wildman–Crippen MR) is 75.3 cm³/mol. The second-order valence-corrected chi connectivity index (χ2v) is 4.45. The molecular formula is C14H19N3O. The number of likely N-dealkylation sites (N-methyl/N-ethyl adjacent to an activating group) is 1. The molecule has 2 aromatic rings. The van der Waals surface area contributed by atoms with Gasteiger partial charge in [0.15, 0.2) is 0 Å². The van der Waals surface area contributed by atoms with Crippen LogP contribution in [0.25, 0.3) is 10.8 Å². The lowest BCUT2D eigenvalue weighted by molar-refractivity contribution is 0.256. The van der Waals surface area contributed by atoms with Gasteiger partial charge in [-0.1, -0.05) is 6.07 Å². The molecule has 18 heavy (non-hydrogen) atoms. The zero-order chi connectivity index (χ0) is 13.0. The van der Waals surface area contributed by atoms with Gasteiger partial charge in [0, 0.05) is 30.9 Å². The van der Waals surface area contributed by atoms with Crippen LogP contribution in [0.1, 0.15) is 0 Å². The van der Waals surface area contributed by atoms with Gasteiger partial charge in [-0.05, 0) is 37.7 Å². The van der Waals surface area contributed by atoms with Crippen LogP contribution in [-0.2, 0) is 0 Å². The fraction of sp³-hybridized carbons (Fsp3) is 0.357. The highest BCUT2D eigenvalue weighted by molar-refractivity contribution is 5.89. The number of benzene rings is 1. The van der Waals surface area contributed by atoms with Gasteiger partial charge in [-0.3, -0.25) is 0 Å². The summed E-state index contributed by atoms with van der Waals surface area (Å²) in [4.78, 5) is 6.40. The topological polar surface area (TPSA) is 37.4 Å². The predicted octanol–water partition coefficient (Wildman–Crippen LogP) is 2.22. The molecule has 0 saturated heterocycles. The number of aromatic nitrogens is 1. The van der Waals surface area contributed by atoms with Gasteiger partial charge < -0.3 is 15.0 Å². The first-order chi connectivity index (χ1) is 8.70.